The molecule has 1 aromatic heterocycles. The van der Waals surface area contributed by atoms with E-state index < -0.39 is 44.6 Å². The molecule has 2 N–H and O–H groups in total. The Balaban J connectivity index is 2.30. The van der Waals surface area contributed by atoms with E-state index in [2.05, 4.69) is 10.4 Å². The van der Waals surface area contributed by atoms with Gasteiger partial charge in [-0.1, -0.05) is 18.2 Å². The number of sulfone groups is 1. The van der Waals surface area contributed by atoms with Gasteiger partial charge in [-0.05, 0) is 12.1 Å². The van der Waals surface area contributed by atoms with E-state index in [4.69, 9.17) is 0 Å². The van der Waals surface area contributed by atoms with Crippen molar-refractivity contribution in [1.82, 2.24) is 19.7 Å². The molecule has 2 atom stereocenters. The zero-order valence-electron chi connectivity index (χ0n) is 15.2. The summed E-state index contributed by atoms with van der Waals surface area (Å²) >= 11 is 0.915. The minimum atomic E-state index is -3.77. The number of carboxylic acids is 1. The van der Waals surface area contributed by atoms with Gasteiger partial charge in [-0.3, -0.25) is 9.36 Å². The van der Waals surface area contributed by atoms with Crippen molar-refractivity contribution in [2.45, 2.75) is 23.2 Å². The minimum Gasteiger partial charge on any atom is -0.480 e. The maximum atomic E-state index is 12.7. The van der Waals surface area contributed by atoms with Crippen LogP contribution < -0.4 is 11.0 Å². The number of nitrogens with zero attached hydrogens (tertiary/aromatic N) is 3. The van der Waals surface area contributed by atoms with Gasteiger partial charge in [0, 0.05) is 19.7 Å². The highest BCUT2D eigenvalue weighted by atomic mass is 32.2. The first-order valence-corrected chi connectivity index (χ1v) is 10.8. The quantitative estimate of drug-likeness (QED) is 0.563. The zero-order chi connectivity index (χ0) is 20.9. The third-order valence-corrected chi connectivity index (χ3v) is 6.95. The summed E-state index contributed by atoms with van der Waals surface area (Å²) in [6.07, 6.45) is 1.24. The van der Waals surface area contributed by atoms with E-state index in [9.17, 15) is 27.9 Å². The van der Waals surface area contributed by atoms with Gasteiger partial charge < -0.3 is 10.4 Å². The van der Waals surface area contributed by atoms with Gasteiger partial charge in [0.05, 0.1) is 10.6 Å². The Kier molecular flexibility index (Phi) is 7.02. The minimum absolute atomic E-state index is 0.0845. The Morgan fingerprint density at radius 1 is 1.29 bits per heavy atom. The number of nitrogens with one attached hydrogen (secondary N) is 1. The average molecular weight is 428 g/mol. The first-order valence-electron chi connectivity index (χ1n) is 8.11. The maximum Gasteiger partial charge on any atom is 0.346 e. The number of aliphatic carboxylic acids is 1. The number of benzene rings is 1. The fraction of sp³-hybridized carbons (Fsp3) is 0.375. The lowest BCUT2D eigenvalue weighted by atomic mass is 10.3. The molecule has 0 spiro atoms. The number of rotatable bonds is 9. The van der Waals surface area contributed by atoms with Crippen molar-refractivity contribution in [2.75, 3.05) is 11.5 Å². The van der Waals surface area contributed by atoms with Crippen LogP contribution in [0.4, 0.5) is 0 Å². The van der Waals surface area contributed by atoms with Gasteiger partial charge >= 0.3 is 11.7 Å². The summed E-state index contributed by atoms with van der Waals surface area (Å²) in [5, 5.41) is 14.5. The average Bonchev–Trinajstić information content (AvgIpc) is 2.96. The Morgan fingerprint density at radius 2 is 1.93 bits per heavy atom. The molecule has 1 unspecified atom stereocenters. The monoisotopic (exact) mass is 428 g/mol. The van der Waals surface area contributed by atoms with Crippen LogP contribution in [0.5, 0.6) is 0 Å². The highest BCUT2D eigenvalue weighted by Gasteiger charge is 2.28. The summed E-state index contributed by atoms with van der Waals surface area (Å²) in [6.45, 7) is 1.18. The van der Waals surface area contributed by atoms with Crippen LogP contribution in [0.15, 0.2) is 46.3 Å². The van der Waals surface area contributed by atoms with Crippen molar-refractivity contribution in [3.63, 3.8) is 0 Å². The molecule has 0 saturated heterocycles. The zero-order valence-corrected chi connectivity index (χ0v) is 16.8. The number of aryl methyl sites for hydroxylation is 1. The molecule has 10 nitrogen and oxygen atoms in total. The molecule has 0 radical (unpaired) electrons. The van der Waals surface area contributed by atoms with Crippen LogP contribution in [0.25, 0.3) is 0 Å². The van der Waals surface area contributed by atoms with Crippen molar-refractivity contribution in [2.24, 2.45) is 7.05 Å². The number of carboxylic acid groups (broad SMARTS) is 1. The highest BCUT2D eigenvalue weighted by Crippen LogP contribution is 2.26. The number of amides is 1. The van der Waals surface area contributed by atoms with Crippen LogP contribution in [0.2, 0.25) is 0 Å². The molecule has 2 aromatic rings. The first-order chi connectivity index (χ1) is 13.1. The molecule has 1 aromatic carbocycles. The second-order valence-corrected chi connectivity index (χ2v) is 9.19. The molecule has 0 saturated carbocycles. The third kappa shape index (κ3) is 5.45. The smallest absolute Gasteiger partial charge is 0.346 e. The van der Waals surface area contributed by atoms with Crippen molar-refractivity contribution in [1.29, 1.82) is 0 Å². The van der Waals surface area contributed by atoms with Gasteiger partial charge in [-0.25, -0.2) is 18.0 Å². The number of thioether (sulfide) groups is 1. The summed E-state index contributed by atoms with van der Waals surface area (Å²) in [6, 6.07) is 6.49. The third-order valence-electron chi connectivity index (χ3n) is 3.71. The van der Waals surface area contributed by atoms with Crippen molar-refractivity contribution < 1.29 is 23.1 Å². The lowest BCUT2D eigenvalue weighted by Gasteiger charge is -2.19. The van der Waals surface area contributed by atoms with Gasteiger partial charge in [0.1, 0.15) is 17.7 Å². The van der Waals surface area contributed by atoms with E-state index in [0.717, 1.165) is 16.4 Å². The normalized spacial score (nSPS) is 13.6. The lowest BCUT2D eigenvalue weighted by Crippen LogP contribution is -2.42. The number of carbonyl (C=O) groups excluding carboxylic acids is 1. The predicted octanol–water partition coefficient (Wildman–Crippen LogP) is -0.123. The largest absolute Gasteiger partial charge is 0.480 e. The van der Waals surface area contributed by atoms with Crippen molar-refractivity contribution in [3.05, 3.63) is 47.1 Å². The fourth-order valence-corrected chi connectivity index (χ4v) is 5.45. The molecule has 12 heteroatoms. The number of aromatic nitrogens is 3. The molecular weight excluding hydrogens is 408 g/mol. The number of hydrogen-bond acceptors (Lipinski definition) is 7. The molecule has 0 aliphatic carbocycles. The van der Waals surface area contributed by atoms with Crippen LogP contribution >= 0.6 is 11.8 Å². The molecule has 0 aliphatic heterocycles. The standard InChI is InChI=1S/C16H20N4O6S2/c1-11(21)18-13(15(22)23)8-27-14(20-16(24)19(2)10-17-20)9-28(25,26)12-6-4-3-5-7-12/h3-7,10,13-14H,8-9H2,1-2H3,(H,18,21)(H,22,23)/t13-,14?/m0/s1. The van der Waals surface area contributed by atoms with Crippen molar-refractivity contribution in [3.8, 4) is 0 Å². The van der Waals surface area contributed by atoms with Crippen LogP contribution in [0.3, 0.4) is 0 Å². The molecule has 0 bridgehead atoms. The van der Waals surface area contributed by atoms with Gasteiger partial charge in [-0.2, -0.15) is 9.78 Å². The summed E-state index contributed by atoms with van der Waals surface area (Å²) in [5.41, 5.74) is -0.535. The molecule has 1 amide bonds. The Labute approximate surface area is 165 Å². The van der Waals surface area contributed by atoms with E-state index in [-0.39, 0.29) is 10.6 Å². The van der Waals surface area contributed by atoms with Crippen LogP contribution in [-0.2, 0) is 26.5 Å². The predicted molar refractivity (Wildman–Crippen MR) is 103 cm³/mol. The molecule has 2 rings (SSSR count). The molecule has 28 heavy (non-hydrogen) atoms. The second kappa shape index (κ2) is 9.06. The summed E-state index contributed by atoms with van der Waals surface area (Å²) in [4.78, 5) is 34.9. The summed E-state index contributed by atoms with van der Waals surface area (Å²) < 4.78 is 27.7. The Morgan fingerprint density at radius 3 is 2.43 bits per heavy atom. The maximum absolute atomic E-state index is 12.7. The van der Waals surface area contributed by atoms with Gasteiger partial charge in [-0.15, -0.1) is 11.8 Å². The second-order valence-electron chi connectivity index (χ2n) is 5.94. The Hall–Kier alpha value is -2.60. The van der Waals surface area contributed by atoms with Gasteiger partial charge in [0.15, 0.2) is 9.84 Å². The Bertz CT molecular complexity index is 1000. The van der Waals surface area contributed by atoms with Crippen LogP contribution in [0, 0.1) is 0 Å². The van der Waals surface area contributed by atoms with E-state index in [1.165, 1.54) is 37.0 Å². The first kappa shape index (κ1) is 21.7. The van der Waals surface area contributed by atoms with E-state index in [1.807, 2.05) is 0 Å². The number of carbonyl (C=O) groups is 2. The van der Waals surface area contributed by atoms with Crippen molar-refractivity contribution >= 4 is 33.5 Å². The topological polar surface area (TPSA) is 140 Å². The summed E-state index contributed by atoms with van der Waals surface area (Å²) in [5.74, 6) is -2.41. The lowest BCUT2D eigenvalue weighted by molar-refractivity contribution is -0.140. The molecule has 0 aliphatic rings. The molecular formula is C16H20N4O6S2. The summed E-state index contributed by atoms with van der Waals surface area (Å²) in [7, 11) is -2.30. The molecule has 152 valence electrons. The van der Waals surface area contributed by atoms with Crippen LogP contribution in [0.1, 0.15) is 12.3 Å². The van der Waals surface area contributed by atoms with Gasteiger partial charge in [0.2, 0.25) is 5.91 Å². The molecule has 0 fully saturated rings. The number of hydrogen-bond donors (Lipinski definition) is 2. The van der Waals surface area contributed by atoms with E-state index in [0.29, 0.717) is 0 Å². The highest BCUT2D eigenvalue weighted by molar-refractivity contribution is 8.00. The van der Waals surface area contributed by atoms with E-state index in [1.54, 1.807) is 18.2 Å². The van der Waals surface area contributed by atoms with E-state index >= 15 is 0 Å². The van der Waals surface area contributed by atoms with Crippen LogP contribution in [-0.4, -0.2) is 57.3 Å². The van der Waals surface area contributed by atoms with Gasteiger partial charge in [0.25, 0.3) is 0 Å². The SMILES string of the molecule is CC(=O)N[C@@H](CSC(CS(=O)(=O)c1ccccc1)n1ncn(C)c1=O)C(=O)O. The molecule has 1 heterocycles. The fourth-order valence-electron chi connectivity index (χ4n) is 2.32.